The van der Waals surface area contributed by atoms with Crippen molar-refractivity contribution in [3.63, 3.8) is 0 Å². The van der Waals surface area contributed by atoms with E-state index in [0.29, 0.717) is 0 Å². The Bertz CT molecular complexity index is 56.6. The minimum absolute atomic E-state index is 0.739. The van der Waals surface area contributed by atoms with Crippen molar-refractivity contribution < 1.29 is 9.78 Å². The van der Waals surface area contributed by atoms with Crippen LogP contribution in [0.3, 0.4) is 0 Å². The standard InChI is InChI=1S/C9H20O2/c1-3-4-5-6-7-8-9-11-10-2/h3-9H2,1-2H3. The minimum atomic E-state index is 0.739. The highest BCUT2D eigenvalue weighted by molar-refractivity contribution is 4.42. The van der Waals surface area contributed by atoms with Gasteiger partial charge in [-0.1, -0.05) is 39.0 Å². The summed E-state index contributed by atoms with van der Waals surface area (Å²) in [5, 5.41) is 0. The predicted molar refractivity (Wildman–Crippen MR) is 46.3 cm³/mol. The molecule has 0 aliphatic carbocycles. The number of unbranched alkanes of at least 4 members (excludes halogenated alkanes) is 5. The monoisotopic (exact) mass is 160 g/mol. The predicted octanol–water partition coefficient (Wildman–Crippen LogP) is 2.92. The molecule has 0 aromatic carbocycles. The number of hydrogen-bond donors (Lipinski definition) is 0. The molecule has 2 heteroatoms. The van der Waals surface area contributed by atoms with Crippen molar-refractivity contribution in [2.45, 2.75) is 45.4 Å². The largest absolute Gasteiger partial charge is 0.240 e. The van der Waals surface area contributed by atoms with Crippen LogP contribution in [0.2, 0.25) is 0 Å². The average molecular weight is 160 g/mol. The third-order valence-electron chi connectivity index (χ3n) is 1.70. The van der Waals surface area contributed by atoms with Gasteiger partial charge in [0.05, 0.1) is 13.7 Å². The molecule has 0 N–H and O–H groups in total. The van der Waals surface area contributed by atoms with Crippen molar-refractivity contribution in [1.29, 1.82) is 0 Å². The number of hydrogen-bond acceptors (Lipinski definition) is 2. The molecule has 0 rings (SSSR count). The van der Waals surface area contributed by atoms with E-state index in [1.807, 2.05) is 0 Å². The second-order valence-corrected chi connectivity index (χ2v) is 2.76. The average Bonchev–Trinajstić information content (AvgIpc) is 2.03. The molecule has 0 heterocycles. The lowest BCUT2D eigenvalue weighted by molar-refractivity contribution is -0.272. The van der Waals surface area contributed by atoms with E-state index in [0.717, 1.165) is 13.0 Å². The Morgan fingerprint density at radius 1 is 0.909 bits per heavy atom. The maximum atomic E-state index is 4.74. The van der Waals surface area contributed by atoms with E-state index in [9.17, 15) is 0 Å². The summed E-state index contributed by atoms with van der Waals surface area (Å²) in [5.74, 6) is 0. The van der Waals surface area contributed by atoms with Crippen LogP contribution in [0.4, 0.5) is 0 Å². The molecule has 2 nitrogen and oxygen atoms in total. The molecule has 0 saturated carbocycles. The van der Waals surface area contributed by atoms with Gasteiger partial charge in [0, 0.05) is 0 Å². The second kappa shape index (κ2) is 9.92. The summed E-state index contributed by atoms with van der Waals surface area (Å²) in [6, 6.07) is 0. The molecule has 68 valence electrons. The Morgan fingerprint density at radius 2 is 1.55 bits per heavy atom. The van der Waals surface area contributed by atoms with Crippen LogP contribution in [-0.4, -0.2) is 13.7 Å². The normalized spacial score (nSPS) is 10.4. The Labute approximate surface area is 69.8 Å². The molecule has 11 heavy (non-hydrogen) atoms. The Hall–Kier alpha value is -0.0800. The molecule has 0 unspecified atom stereocenters. The minimum Gasteiger partial charge on any atom is -0.240 e. The van der Waals surface area contributed by atoms with Gasteiger partial charge in [0.25, 0.3) is 0 Å². The molecule has 0 aromatic heterocycles. The maximum Gasteiger partial charge on any atom is 0.0822 e. The topological polar surface area (TPSA) is 18.5 Å². The molecular weight excluding hydrogens is 140 g/mol. The quantitative estimate of drug-likeness (QED) is 0.309. The third kappa shape index (κ3) is 9.92. The summed E-state index contributed by atoms with van der Waals surface area (Å²) in [7, 11) is 1.55. The van der Waals surface area contributed by atoms with Crippen molar-refractivity contribution in [3.8, 4) is 0 Å². The van der Waals surface area contributed by atoms with E-state index in [-0.39, 0.29) is 0 Å². The molecule has 0 amide bonds. The van der Waals surface area contributed by atoms with Gasteiger partial charge in [-0.15, -0.1) is 0 Å². The highest BCUT2D eigenvalue weighted by atomic mass is 17.2. The van der Waals surface area contributed by atoms with Gasteiger partial charge >= 0.3 is 0 Å². The first-order chi connectivity index (χ1) is 5.41. The summed E-state index contributed by atoms with van der Waals surface area (Å²) >= 11 is 0. The van der Waals surface area contributed by atoms with Gasteiger partial charge in [-0.2, -0.15) is 0 Å². The van der Waals surface area contributed by atoms with Gasteiger partial charge in [0.1, 0.15) is 0 Å². The molecule has 0 atom stereocenters. The van der Waals surface area contributed by atoms with Crippen LogP contribution >= 0.6 is 0 Å². The van der Waals surface area contributed by atoms with E-state index in [4.69, 9.17) is 4.89 Å². The van der Waals surface area contributed by atoms with Gasteiger partial charge in [-0.3, -0.25) is 0 Å². The van der Waals surface area contributed by atoms with Crippen LogP contribution in [0.5, 0.6) is 0 Å². The summed E-state index contributed by atoms with van der Waals surface area (Å²) < 4.78 is 0. The first-order valence-electron chi connectivity index (χ1n) is 4.57. The van der Waals surface area contributed by atoms with Crippen molar-refractivity contribution in [3.05, 3.63) is 0 Å². The Kier molecular flexibility index (Phi) is 9.85. The lowest BCUT2D eigenvalue weighted by Crippen LogP contribution is -1.92. The van der Waals surface area contributed by atoms with E-state index >= 15 is 0 Å². The van der Waals surface area contributed by atoms with Crippen molar-refractivity contribution >= 4 is 0 Å². The van der Waals surface area contributed by atoms with Crippen LogP contribution in [-0.2, 0) is 9.78 Å². The van der Waals surface area contributed by atoms with Crippen LogP contribution in [0.25, 0.3) is 0 Å². The van der Waals surface area contributed by atoms with Gasteiger partial charge in [-0.25, -0.2) is 9.78 Å². The van der Waals surface area contributed by atoms with Crippen molar-refractivity contribution in [1.82, 2.24) is 0 Å². The zero-order valence-corrected chi connectivity index (χ0v) is 7.77. The first-order valence-corrected chi connectivity index (χ1v) is 4.57. The summed E-state index contributed by atoms with van der Waals surface area (Å²) in [4.78, 5) is 9.21. The molecule has 0 spiro atoms. The van der Waals surface area contributed by atoms with Crippen LogP contribution in [0.15, 0.2) is 0 Å². The first kappa shape index (κ1) is 10.9. The van der Waals surface area contributed by atoms with E-state index in [1.54, 1.807) is 7.11 Å². The summed E-state index contributed by atoms with van der Waals surface area (Å²) in [6.07, 6.45) is 7.77. The zero-order valence-electron chi connectivity index (χ0n) is 7.77. The molecule has 0 saturated heterocycles. The molecular formula is C9H20O2. The molecule has 0 aromatic rings. The highest BCUT2D eigenvalue weighted by Gasteiger charge is 1.89. The second-order valence-electron chi connectivity index (χ2n) is 2.76. The van der Waals surface area contributed by atoms with Crippen LogP contribution < -0.4 is 0 Å². The number of rotatable bonds is 8. The SMILES string of the molecule is CCCCCCCCOOC. The van der Waals surface area contributed by atoms with E-state index in [1.165, 1.54) is 32.1 Å². The molecule has 0 fully saturated rings. The fourth-order valence-electron chi connectivity index (χ4n) is 1.02. The van der Waals surface area contributed by atoms with Crippen molar-refractivity contribution in [2.75, 3.05) is 13.7 Å². The third-order valence-corrected chi connectivity index (χ3v) is 1.70. The summed E-state index contributed by atoms with van der Waals surface area (Å²) in [6.45, 7) is 2.97. The van der Waals surface area contributed by atoms with Gasteiger partial charge in [-0.05, 0) is 6.42 Å². The van der Waals surface area contributed by atoms with Crippen LogP contribution in [0.1, 0.15) is 45.4 Å². The molecule has 0 bridgehead atoms. The highest BCUT2D eigenvalue weighted by Crippen LogP contribution is 2.04. The van der Waals surface area contributed by atoms with Gasteiger partial charge < -0.3 is 0 Å². The Balaban J connectivity index is 2.69. The lowest BCUT2D eigenvalue weighted by Gasteiger charge is -1.99. The lowest BCUT2D eigenvalue weighted by atomic mass is 10.1. The van der Waals surface area contributed by atoms with E-state index in [2.05, 4.69) is 11.8 Å². The van der Waals surface area contributed by atoms with Crippen LogP contribution in [0, 0.1) is 0 Å². The van der Waals surface area contributed by atoms with Crippen molar-refractivity contribution in [2.24, 2.45) is 0 Å². The smallest absolute Gasteiger partial charge is 0.0822 e. The maximum absolute atomic E-state index is 4.74. The van der Waals surface area contributed by atoms with Gasteiger partial charge in [0.15, 0.2) is 0 Å². The summed E-state index contributed by atoms with van der Waals surface area (Å²) in [5.41, 5.74) is 0. The Morgan fingerprint density at radius 3 is 2.18 bits per heavy atom. The zero-order chi connectivity index (χ0) is 8.36. The molecule has 0 aliphatic rings. The fraction of sp³-hybridized carbons (Fsp3) is 1.00. The fourth-order valence-corrected chi connectivity index (χ4v) is 1.02. The van der Waals surface area contributed by atoms with Gasteiger partial charge in [0.2, 0.25) is 0 Å². The molecule has 0 radical (unpaired) electrons. The molecule has 0 aliphatic heterocycles. The van der Waals surface area contributed by atoms with E-state index < -0.39 is 0 Å².